The van der Waals surface area contributed by atoms with Gasteiger partial charge in [0.1, 0.15) is 11.1 Å². The maximum absolute atomic E-state index is 10.3. The van der Waals surface area contributed by atoms with E-state index in [0.29, 0.717) is 11.8 Å². The maximum atomic E-state index is 10.3. The minimum atomic E-state index is -0.447. The quantitative estimate of drug-likeness (QED) is 0.781. The topological polar surface area (TPSA) is 50.8 Å². The minimum absolute atomic E-state index is 0.430. The number of benzene rings is 1. The Morgan fingerprint density at radius 2 is 1.44 bits per heavy atom. The van der Waals surface area contributed by atoms with Crippen LogP contribution in [-0.4, -0.2) is 16.0 Å². The van der Waals surface area contributed by atoms with Crippen LogP contribution in [0.15, 0.2) is 30.3 Å². The molecule has 2 aliphatic carbocycles. The van der Waals surface area contributed by atoms with Crippen LogP contribution in [-0.2, 0) is 6.54 Å². The molecule has 0 bridgehead atoms. The summed E-state index contributed by atoms with van der Waals surface area (Å²) in [5.41, 5.74) is 0.331. The third-order valence-electron chi connectivity index (χ3n) is 7.17. The van der Waals surface area contributed by atoms with E-state index in [2.05, 4.69) is 41.3 Å². The number of likely N-dealkylation sites (tertiary alicyclic amines) is 1. The molecular weight excluding hydrogens is 306 g/mol. The molecule has 25 heavy (non-hydrogen) atoms. The van der Waals surface area contributed by atoms with Crippen molar-refractivity contribution in [3.63, 3.8) is 0 Å². The maximum Gasteiger partial charge on any atom is 0.113 e. The van der Waals surface area contributed by atoms with E-state index >= 15 is 0 Å². The van der Waals surface area contributed by atoms with Gasteiger partial charge in [0, 0.05) is 6.54 Å². The first-order chi connectivity index (χ1) is 12.2. The molecule has 3 fully saturated rings. The molecule has 4 rings (SSSR count). The van der Waals surface area contributed by atoms with Gasteiger partial charge in [-0.3, -0.25) is 4.90 Å². The standard InChI is InChI=1S/C22H27N3/c23-16-21-12-6-4-10-19(21)14-20-11-5-7-13-22(20,17-24)25(21)15-18-8-2-1-3-9-18/h1-3,8-9,19-20H,4-7,10-15H2. The fourth-order valence-corrected chi connectivity index (χ4v) is 5.96. The molecule has 3 aliphatic rings. The van der Waals surface area contributed by atoms with E-state index in [1.807, 2.05) is 6.07 Å². The Morgan fingerprint density at radius 3 is 1.96 bits per heavy atom. The van der Waals surface area contributed by atoms with Crippen LogP contribution in [0.4, 0.5) is 0 Å². The largest absolute Gasteiger partial charge is 0.262 e. The zero-order valence-corrected chi connectivity index (χ0v) is 15.0. The van der Waals surface area contributed by atoms with Crippen molar-refractivity contribution in [3.8, 4) is 12.1 Å². The molecule has 0 amide bonds. The number of piperidine rings is 1. The summed E-state index contributed by atoms with van der Waals surface area (Å²) in [6.45, 7) is 0.731. The zero-order chi connectivity index (χ0) is 17.3. The number of rotatable bonds is 2. The van der Waals surface area contributed by atoms with Crippen LogP contribution in [0.25, 0.3) is 0 Å². The number of nitriles is 2. The lowest BCUT2D eigenvalue weighted by molar-refractivity contribution is -0.116. The number of fused-ring (bicyclic) bond motifs is 2. The second kappa shape index (κ2) is 6.47. The van der Waals surface area contributed by atoms with Gasteiger partial charge in [0.2, 0.25) is 0 Å². The first-order valence-electron chi connectivity index (χ1n) is 9.89. The lowest BCUT2D eigenvalue weighted by Gasteiger charge is -2.61. The predicted octanol–water partition coefficient (Wildman–Crippen LogP) is 4.80. The van der Waals surface area contributed by atoms with Crippen LogP contribution in [0.3, 0.4) is 0 Å². The van der Waals surface area contributed by atoms with E-state index in [1.165, 1.54) is 18.4 Å². The van der Waals surface area contributed by atoms with Crippen molar-refractivity contribution in [3.05, 3.63) is 35.9 Å². The Labute approximate surface area is 151 Å². The summed E-state index contributed by atoms with van der Waals surface area (Å²) in [6.07, 6.45) is 9.93. The Morgan fingerprint density at radius 1 is 0.880 bits per heavy atom. The molecule has 3 nitrogen and oxygen atoms in total. The Bertz CT molecular complexity index is 660. The SMILES string of the molecule is N#CC12CCCCC1CC1CCCCC1(C#N)N2Cc1ccccc1. The number of hydrogen-bond donors (Lipinski definition) is 0. The highest BCUT2D eigenvalue weighted by Gasteiger charge is 2.61. The molecule has 130 valence electrons. The summed E-state index contributed by atoms with van der Waals surface area (Å²) >= 11 is 0. The molecule has 4 atom stereocenters. The highest BCUT2D eigenvalue weighted by atomic mass is 15.3. The van der Waals surface area contributed by atoms with Crippen molar-refractivity contribution < 1.29 is 0 Å². The highest BCUT2D eigenvalue weighted by Crippen LogP contribution is 2.56. The van der Waals surface area contributed by atoms with Crippen LogP contribution in [0.2, 0.25) is 0 Å². The van der Waals surface area contributed by atoms with Crippen molar-refractivity contribution in [1.29, 1.82) is 10.5 Å². The number of hydrogen-bond acceptors (Lipinski definition) is 3. The third-order valence-corrected chi connectivity index (χ3v) is 7.17. The first-order valence-corrected chi connectivity index (χ1v) is 9.89. The van der Waals surface area contributed by atoms with Gasteiger partial charge in [-0.15, -0.1) is 0 Å². The smallest absolute Gasteiger partial charge is 0.113 e. The molecular formula is C22H27N3. The van der Waals surface area contributed by atoms with Crippen molar-refractivity contribution >= 4 is 0 Å². The van der Waals surface area contributed by atoms with Gasteiger partial charge < -0.3 is 0 Å². The van der Waals surface area contributed by atoms with Gasteiger partial charge >= 0.3 is 0 Å². The van der Waals surface area contributed by atoms with Gasteiger partial charge in [-0.1, -0.05) is 56.0 Å². The van der Waals surface area contributed by atoms with Crippen molar-refractivity contribution in [2.75, 3.05) is 0 Å². The summed E-state index contributed by atoms with van der Waals surface area (Å²) < 4.78 is 0. The highest BCUT2D eigenvalue weighted by molar-refractivity contribution is 5.29. The summed E-state index contributed by atoms with van der Waals surface area (Å²) in [4.78, 5) is 2.38. The summed E-state index contributed by atoms with van der Waals surface area (Å²) in [5.74, 6) is 0.860. The molecule has 3 heteroatoms. The average Bonchev–Trinajstić information content (AvgIpc) is 2.68. The lowest BCUT2D eigenvalue weighted by atomic mass is 9.57. The Hall–Kier alpha value is -1.84. The van der Waals surface area contributed by atoms with Crippen LogP contribution in [0.5, 0.6) is 0 Å². The van der Waals surface area contributed by atoms with Crippen LogP contribution < -0.4 is 0 Å². The summed E-state index contributed by atoms with van der Waals surface area (Å²) in [6, 6.07) is 16.0. The third kappa shape index (κ3) is 2.49. The van der Waals surface area contributed by atoms with Crippen LogP contribution in [0, 0.1) is 34.5 Å². The van der Waals surface area contributed by atoms with Crippen molar-refractivity contribution in [2.45, 2.75) is 75.4 Å². The molecule has 1 aliphatic heterocycles. The zero-order valence-electron chi connectivity index (χ0n) is 15.0. The van der Waals surface area contributed by atoms with E-state index in [1.54, 1.807) is 0 Å². The monoisotopic (exact) mass is 333 g/mol. The first kappa shape index (κ1) is 16.6. The van der Waals surface area contributed by atoms with E-state index in [-0.39, 0.29) is 0 Å². The molecule has 0 spiro atoms. The van der Waals surface area contributed by atoms with E-state index in [0.717, 1.165) is 51.5 Å². The fraction of sp³-hybridized carbons (Fsp3) is 0.636. The average molecular weight is 333 g/mol. The van der Waals surface area contributed by atoms with E-state index in [4.69, 9.17) is 0 Å². The molecule has 1 heterocycles. The van der Waals surface area contributed by atoms with Crippen molar-refractivity contribution in [1.82, 2.24) is 4.90 Å². The Kier molecular flexibility index (Phi) is 4.30. The summed E-state index contributed by atoms with van der Waals surface area (Å²) in [7, 11) is 0. The van der Waals surface area contributed by atoms with E-state index < -0.39 is 11.1 Å². The predicted molar refractivity (Wildman–Crippen MR) is 97.2 cm³/mol. The normalized spacial score (nSPS) is 38.0. The van der Waals surface area contributed by atoms with Gasteiger partial charge in [0.25, 0.3) is 0 Å². The second-order valence-corrected chi connectivity index (χ2v) is 8.26. The molecule has 1 saturated heterocycles. The number of nitrogens with zero attached hydrogens (tertiary/aromatic N) is 3. The molecule has 4 unspecified atom stereocenters. The van der Waals surface area contributed by atoms with Gasteiger partial charge in [0.15, 0.2) is 0 Å². The van der Waals surface area contributed by atoms with Crippen molar-refractivity contribution in [2.24, 2.45) is 11.8 Å². The van der Waals surface area contributed by atoms with Gasteiger partial charge in [-0.05, 0) is 49.5 Å². The van der Waals surface area contributed by atoms with E-state index in [9.17, 15) is 10.5 Å². The molecule has 0 radical (unpaired) electrons. The van der Waals surface area contributed by atoms with Gasteiger partial charge in [0.05, 0.1) is 12.1 Å². The van der Waals surface area contributed by atoms with Gasteiger partial charge in [-0.2, -0.15) is 10.5 Å². The van der Waals surface area contributed by atoms with Crippen LogP contribution >= 0.6 is 0 Å². The molecule has 1 aromatic carbocycles. The lowest BCUT2D eigenvalue weighted by Crippen LogP contribution is -2.70. The minimum Gasteiger partial charge on any atom is -0.262 e. The second-order valence-electron chi connectivity index (χ2n) is 8.26. The molecule has 2 saturated carbocycles. The summed E-state index contributed by atoms with van der Waals surface area (Å²) in [5, 5.41) is 20.6. The fourth-order valence-electron chi connectivity index (χ4n) is 5.96. The Balaban J connectivity index is 1.81. The van der Waals surface area contributed by atoms with Crippen LogP contribution in [0.1, 0.15) is 63.4 Å². The van der Waals surface area contributed by atoms with Gasteiger partial charge in [-0.25, -0.2) is 0 Å². The molecule has 0 aromatic heterocycles. The molecule has 1 aromatic rings. The molecule has 0 N–H and O–H groups in total.